The molecule has 0 N–H and O–H groups in total. The van der Waals surface area contributed by atoms with E-state index in [1.165, 1.54) is 66.8 Å². The van der Waals surface area contributed by atoms with Crippen LogP contribution in [0.4, 0.5) is 11.4 Å². The Morgan fingerprint density at radius 2 is 0.984 bits per heavy atom. The van der Waals surface area contributed by atoms with Gasteiger partial charge in [-0.2, -0.15) is 0 Å². The van der Waals surface area contributed by atoms with Crippen LogP contribution >= 0.6 is 0 Å². The number of fused-ring (bicyclic) bond motifs is 6. The highest BCUT2D eigenvalue weighted by Gasteiger charge is 2.35. The smallest absolute Gasteiger partial charge is 0.160 e. The van der Waals surface area contributed by atoms with Crippen LogP contribution in [0.5, 0.6) is 0 Å². The molecule has 2 aromatic heterocycles. The van der Waals surface area contributed by atoms with Gasteiger partial charge in [0.1, 0.15) is 0 Å². The maximum Gasteiger partial charge on any atom is 0.160 e. The van der Waals surface area contributed by atoms with Crippen molar-refractivity contribution in [3.8, 4) is 61.8 Å². The van der Waals surface area contributed by atoms with Crippen LogP contribution in [-0.2, 0) is 0 Å². The molecule has 8 aromatic carbocycles. The number of nitrogens with zero attached hydrogens (tertiary/aromatic N) is 4. The van der Waals surface area contributed by atoms with Gasteiger partial charge < -0.3 is 9.47 Å². The second-order valence-electron chi connectivity index (χ2n) is 16.2. The van der Waals surface area contributed by atoms with Gasteiger partial charge in [-0.1, -0.05) is 170 Å². The molecule has 12 rings (SSSR count). The zero-order chi connectivity index (χ0) is 41.0. The summed E-state index contributed by atoms with van der Waals surface area (Å²) < 4.78 is 2.39. The molecular formula is C58H40N4. The van der Waals surface area contributed by atoms with E-state index >= 15 is 0 Å². The number of hydrogen-bond donors (Lipinski definition) is 0. The third-order valence-corrected chi connectivity index (χ3v) is 12.5. The van der Waals surface area contributed by atoms with Crippen LogP contribution < -0.4 is 4.90 Å². The highest BCUT2D eigenvalue weighted by Crippen LogP contribution is 2.52. The summed E-state index contributed by atoms with van der Waals surface area (Å²) in [6.07, 6.45) is 7.79. The van der Waals surface area contributed by atoms with Gasteiger partial charge in [-0.25, -0.2) is 9.97 Å². The lowest BCUT2D eigenvalue weighted by molar-refractivity contribution is 0.819. The van der Waals surface area contributed by atoms with Crippen molar-refractivity contribution in [3.05, 3.63) is 236 Å². The Morgan fingerprint density at radius 3 is 1.73 bits per heavy atom. The standard InChI is InChI=1S/C58H40N4/c1-4-14-41(15-5-1)52-38-53(60-58(59-52)43-16-6-2-7-17-43)42-26-24-39(25-27-42)44-30-34-51-49-21-11-13-23-55(49)62(57(51)36-44)47-32-28-40(29-33-47)45-31-35-50-48-20-10-12-22-54(48)61(56(50)37-45)46-18-8-3-9-19-46/h1-20,22-38,49H,21H2. The van der Waals surface area contributed by atoms with E-state index in [9.17, 15) is 0 Å². The Hall–Kier alpha value is -8.08. The van der Waals surface area contributed by atoms with Crippen molar-refractivity contribution in [3.63, 3.8) is 0 Å². The zero-order valence-corrected chi connectivity index (χ0v) is 33.9. The summed E-state index contributed by atoms with van der Waals surface area (Å²) >= 11 is 0. The predicted molar refractivity (Wildman–Crippen MR) is 257 cm³/mol. The lowest BCUT2D eigenvalue weighted by Crippen LogP contribution is -2.14. The molecule has 1 unspecified atom stereocenters. The van der Waals surface area contributed by atoms with E-state index in [0.29, 0.717) is 5.92 Å². The molecule has 3 heterocycles. The second kappa shape index (κ2) is 14.9. The minimum Gasteiger partial charge on any atom is -0.313 e. The molecule has 0 saturated heterocycles. The molecular weight excluding hydrogens is 753 g/mol. The minimum absolute atomic E-state index is 0.323. The van der Waals surface area contributed by atoms with Crippen molar-refractivity contribution in [2.45, 2.75) is 12.3 Å². The summed E-state index contributed by atoms with van der Waals surface area (Å²) in [7, 11) is 0. The van der Waals surface area contributed by atoms with Gasteiger partial charge in [-0.05, 0) is 88.8 Å². The SMILES string of the molecule is C1=CCC2C(=C1)N(c1ccc(-c3ccc4c5ccccc5n(-c5ccccc5)c4c3)cc1)c1cc(-c3ccc(-c4cc(-c5ccccc5)nc(-c5ccccc5)n4)cc3)ccc12. The molecule has 1 aliphatic heterocycles. The van der Waals surface area contributed by atoms with Crippen LogP contribution in [0.1, 0.15) is 17.9 Å². The highest BCUT2D eigenvalue weighted by atomic mass is 15.2. The van der Waals surface area contributed by atoms with Crippen LogP contribution in [-0.4, -0.2) is 14.5 Å². The monoisotopic (exact) mass is 792 g/mol. The third kappa shape index (κ3) is 6.15. The first-order valence-corrected chi connectivity index (χ1v) is 21.3. The second-order valence-corrected chi connectivity index (χ2v) is 16.2. The first-order valence-electron chi connectivity index (χ1n) is 21.3. The Labute approximate surface area is 361 Å². The quantitative estimate of drug-likeness (QED) is 0.161. The average molecular weight is 793 g/mol. The molecule has 0 amide bonds. The van der Waals surface area contributed by atoms with Crippen molar-refractivity contribution in [1.82, 2.24) is 14.5 Å². The number of aromatic nitrogens is 3. The molecule has 1 aliphatic carbocycles. The fourth-order valence-electron chi connectivity index (χ4n) is 9.48. The van der Waals surface area contributed by atoms with E-state index in [2.05, 4.69) is 210 Å². The van der Waals surface area contributed by atoms with Crippen molar-refractivity contribution < 1.29 is 0 Å². The molecule has 2 aliphatic rings. The fourth-order valence-corrected chi connectivity index (χ4v) is 9.48. The number of rotatable bonds is 7. The highest BCUT2D eigenvalue weighted by molar-refractivity contribution is 6.10. The Balaban J connectivity index is 0.884. The van der Waals surface area contributed by atoms with E-state index in [1.54, 1.807) is 0 Å². The van der Waals surface area contributed by atoms with Gasteiger partial charge in [0.2, 0.25) is 0 Å². The minimum atomic E-state index is 0.323. The van der Waals surface area contributed by atoms with Crippen LogP contribution in [0.15, 0.2) is 230 Å². The summed E-state index contributed by atoms with van der Waals surface area (Å²) in [5, 5.41) is 2.52. The van der Waals surface area contributed by atoms with Gasteiger partial charge in [0.25, 0.3) is 0 Å². The van der Waals surface area contributed by atoms with E-state index in [4.69, 9.17) is 9.97 Å². The molecule has 0 spiro atoms. The van der Waals surface area contributed by atoms with Gasteiger partial charge in [-0.3, -0.25) is 0 Å². The Morgan fingerprint density at radius 1 is 0.419 bits per heavy atom. The van der Waals surface area contributed by atoms with E-state index in [1.807, 2.05) is 24.3 Å². The van der Waals surface area contributed by atoms with Gasteiger partial charge in [0.15, 0.2) is 5.82 Å². The largest absolute Gasteiger partial charge is 0.313 e. The zero-order valence-electron chi connectivity index (χ0n) is 33.9. The molecule has 4 heteroatoms. The predicted octanol–water partition coefficient (Wildman–Crippen LogP) is 15.0. The summed E-state index contributed by atoms with van der Waals surface area (Å²) in [5.74, 6) is 1.04. The maximum absolute atomic E-state index is 5.07. The molecule has 10 aromatic rings. The average Bonchev–Trinajstić information content (AvgIpc) is 3.87. The van der Waals surface area contributed by atoms with Crippen LogP contribution in [0.2, 0.25) is 0 Å². The van der Waals surface area contributed by atoms with Crippen LogP contribution in [0.25, 0.3) is 83.6 Å². The summed E-state index contributed by atoms with van der Waals surface area (Å²) in [6, 6.07) is 73.9. The summed E-state index contributed by atoms with van der Waals surface area (Å²) in [4.78, 5) is 12.5. The van der Waals surface area contributed by atoms with E-state index in [-0.39, 0.29) is 0 Å². The number of allylic oxidation sites excluding steroid dienone is 4. The lowest BCUT2D eigenvalue weighted by atomic mass is 9.91. The van der Waals surface area contributed by atoms with Crippen molar-refractivity contribution in [1.29, 1.82) is 0 Å². The van der Waals surface area contributed by atoms with Gasteiger partial charge in [0, 0.05) is 50.5 Å². The van der Waals surface area contributed by atoms with E-state index < -0.39 is 0 Å². The van der Waals surface area contributed by atoms with Crippen molar-refractivity contribution >= 4 is 33.2 Å². The number of anilines is 2. The molecule has 292 valence electrons. The molecule has 1 atom stereocenters. The van der Waals surface area contributed by atoms with Gasteiger partial charge in [-0.15, -0.1) is 0 Å². The van der Waals surface area contributed by atoms with Crippen molar-refractivity contribution in [2.75, 3.05) is 4.90 Å². The summed E-state index contributed by atoms with van der Waals surface area (Å²) in [5.41, 5.74) is 18.3. The van der Waals surface area contributed by atoms with Crippen LogP contribution in [0.3, 0.4) is 0 Å². The maximum atomic E-state index is 5.07. The summed E-state index contributed by atoms with van der Waals surface area (Å²) in [6.45, 7) is 0. The fraction of sp³-hybridized carbons (Fsp3) is 0.0345. The molecule has 62 heavy (non-hydrogen) atoms. The number of hydrogen-bond acceptors (Lipinski definition) is 3. The molecule has 0 bridgehead atoms. The normalized spacial score (nSPS) is 14.2. The first-order chi connectivity index (χ1) is 30.7. The number of benzene rings is 8. The molecule has 0 saturated carbocycles. The van der Waals surface area contributed by atoms with Gasteiger partial charge in [0.05, 0.1) is 28.1 Å². The first kappa shape index (κ1) is 35.8. The number of para-hydroxylation sites is 2. The molecule has 0 radical (unpaired) electrons. The van der Waals surface area contributed by atoms with E-state index in [0.717, 1.165) is 45.9 Å². The Kier molecular flexibility index (Phi) is 8.60. The van der Waals surface area contributed by atoms with Crippen molar-refractivity contribution in [2.24, 2.45) is 0 Å². The van der Waals surface area contributed by atoms with Gasteiger partial charge >= 0.3 is 0 Å². The lowest BCUT2D eigenvalue weighted by Gasteiger charge is -2.25. The molecule has 0 fully saturated rings. The Bertz CT molecular complexity index is 3290. The van der Waals surface area contributed by atoms with Crippen LogP contribution in [0, 0.1) is 0 Å². The molecule has 4 nitrogen and oxygen atoms in total. The third-order valence-electron chi connectivity index (χ3n) is 12.5. The topological polar surface area (TPSA) is 34.0 Å².